The Bertz CT molecular complexity index is 1250. The molecule has 9 heteroatoms. The minimum absolute atomic E-state index is 0.113. The molecule has 2 N–H and O–H groups in total. The number of halogens is 5. The van der Waals surface area contributed by atoms with Crippen LogP contribution in [0.2, 0.25) is 0 Å². The summed E-state index contributed by atoms with van der Waals surface area (Å²) in [7, 11) is 0. The monoisotopic (exact) mass is 404 g/mol. The van der Waals surface area contributed by atoms with Crippen molar-refractivity contribution in [3.63, 3.8) is 0 Å². The van der Waals surface area contributed by atoms with Gasteiger partial charge in [0.2, 0.25) is 0 Å². The summed E-state index contributed by atoms with van der Waals surface area (Å²) in [4.78, 5) is 17.6. The zero-order valence-corrected chi connectivity index (χ0v) is 14.2. The number of H-pyrrole nitrogens is 1. The highest BCUT2D eigenvalue weighted by molar-refractivity contribution is 6.01. The normalized spacial score (nSPS) is 11.2. The molecule has 0 bridgehead atoms. The Morgan fingerprint density at radius 1 is 0.828 bits per heavy atom. The van der Waals surface area contributed by atoms with E-state index in [1.54, 1.807) is 0 Å². The number of aromatic amines is 1. The van der Waals surface area contributed by atoms with Crippen LogP contribution in [0.25, 0.3) is 33.5 Å². The summed E-state index contributed by atoms with van der Waals surface area (Å²) in [6, 6.07) is 7.74. The third-order valence-electron chi connectivity index (χ3n) is 4.38. The first-order valence-electron chi connectivity index (χ1n) is 8.14. The van der Waals surface area contributed by atoms with Crippen molar-refractivity contribution in [2.75, 3.05) is 0 Å². The molecule has 0 spiro atoms. The van der Waals surface area contributed by atoms with E-state index in [0.29, 0.717) is 0 Å². The number of carboxylic acids is 1. The number of nitrogens with one attached hydrogen (secondary N) is 1. The van der Waals surface area contributed by atoms with Crippen LogP contribution in [0.15, 0.2) is 42.5 Å². The van der Waals surface area contributed by atoms with E-state index in [0.717, 1.165) is 24.3 Å². The fourth-order valence-electron chi connectivity index (χ4n) is 3.03. The largest absolute Gasteiger partial charge is 0.478 e. The van der Waals surface area contributed by atoms with Gasteiger partial charge >= 0.3 is 5.97 Å². The lowest BCUT2D eigenvalue weighted by Crippen LogP contribution is -2.04. The standard InChI is InChI=1S/C20H9F5N2O2/c21-9-6-4-8(5-7-9)12-14(22)16(24)13(17(25)15(12)23)19-26-11-3-1-2-10(20(28)29)18(11)27-19/h1-7H,(H,26,27)(H,28,29). The van der Waals surface area contributed by atoms with Crippen LogP contribution in [0.5, 0.6) is 0 Å². The summed E-state index contributed by atoms with van der Waals surface area (Å²) >= 11 is 0. The van der Waals surface area contributed by atoms with Crippen molar-refractivity contribution in [3.8, 4) is 22.5 Å². The number of para-hydroxylation sites is 1. The average molecular weight is 404 g/mol. The molecule has 0 aliphatic carbocycles. The maximum absolute atomic E-state index is 14.7. The van der Waals surface area contributed by atoms with Crippen molar-refractivity contribution in [2.24, 2.45) is 0 Å². The van der Waals surface area contributed by atoms with Crippen LogP contribution >= 0.6 is 0 Å². The van der Waals surface area contributed by atoms with E-state index in [4.69, 9.17) is 0 Å². The van der Waals surface area contributed by atoms with Gasteiger partial charge in [-0.2, -0.15) is 0 Å². The van der Waals surface area contributed by atoms with Gasteiger partial charge in [0.15, 0.2) is 23.3 Å². The molecule has 146 valence electrons. The van der Waals surface area contributed by atoms with Crippen molar-refractivity contribution in [1.82, 2.24) is 9.97 Å². The fourth-order valence-corrected chi connectivity index (χ4v) is 3.03. The van der Waals surface area contributed by atoms with Gasteiger partial charge in [0.05, 0.1) is 22.2 Å². The summed E-state index contributed by atoms with van der Waals surface area (Å²) < 4.78 is 71.7. The fraction of sp³-hybridized carbons (Fsp3) is 0. The van der Waals surface area contributed by atoms with Crippen LogP contribution < -0.4 is 0 Å². The van der Waals surface area contributed by atoms with Gasteiger partial charge in [-0.25, -0.2) is 31.7 Å². The van der Waals surface area contributed by atoms with E-state index in [2.05, 4.69) is 9.97 Å². The molecule has 0 fully saturated rings. The lowest BCUT2D eigenvalue weighted by Gasteiger charge is -2.11. The zero-order valence-electron chi connectivity index (χ0n) is 14.2. The number of carbonyl (C=O) groups is 1. The minimum Gasteiger partial charge on any atom is -0.478 e. The first kappa shape index (κ1) is 18.6. The SMILES string of the molecule is O=C(O)c1cccc2[nH]c(-c3c(F)c(F)c(-c4ccc(F)cc4)c(F)c3F)nc12. The van der Waals surface area contributed by atoms with Crippen LogP contribution in [-0.4, -0.2) is 21.0 Å². The van der Waals surface area contributed by atoms with E-state index in [9.17, 15) is 31.9 Å². The van der Waals surface area contributed by atoms with Crippen molar-refractivity contribution in [3.05, 3.63) is 77.1 Å². The van der Waals surface area contributed by atoms with Crippen LogP contribution in [0.3, 0.4) is 0 Å². The quantitative estimate of drug-likeness (QED) is 0.360. The predicted molar refractivity (Wildman–Crippen MR) is 93.7 cm³/mol. The molecule has 4 rings (SSSR count). The molecule has 4 nitrogen and oxygen atoms in total. The number of rotatable bonds is 3. The number of carboxylic acid groups (broad SMARTS) is 1. The molecule has 0 saturated carbocycles. The highest BCUT2D eigenvalue weighted by atomic mass is 19.2. The number of nitrogens with zero attached hydrogens (tertiary/aromatic N) is 1. The summed E-state index contributed by atoms with van der Waals surface area (Å²) in [5.41, 5.74) is -2.64. The summed E-state index contributed by atoms with van der Waals surface area (Å²) in [5, 5.41) is 9.19. The lowest BCUT2D eigenvalue weighted by atomic mass is 10.0. The van der Waals surface area contributed by atoms with Crippen molar-refractivity contribution >= 4 is 17.0 Å². The zero-order chi connectivity index (χ0) is 20.9. The van der Waals surface area contributed by atoms with Crippen molar-refractivity contribution in [2.45, 2.75) is 0 Å². The topological polar surface area (TPSA) is 66.0 Å². The molecule has 0 saturated heterocycles. The van der Waals surface area contributed by atoms with Crippen molar-refractivity contribution < 1.29 is 31.9 Å². The Balaban J connectivity index is 1.97. The highest BCUT2D eigenvalue weighted by Crippen LogP contribution is 2.36. The van der Waals surface area contributed by atoms with Gasteiger partial charge in [-0.3, -0.25) is 0 Å². The average Bonchev–Trinajstić information content (AvgIpc) is 3.11. The Hall–Kier alpha value is -3.75. The van der Waals surface area contributed by atoms with Gasteiger partial charge in [-0.05, 0) is 29.8 Å². The number of hydrogen-bond donors (Lipinski definition) is 2. The first-order chi connectivity index (χ1) is 13.8. The second-order valence-corrected chi connectivity index (χ2v) is 6.11. The maximum Gasteiger partial charge on any atom is 0.337 e. The second kappa shape index (κ2) is 6.69. The van der Waals surface area contributed by atoms with E-state index in [-0.39, 0.29) is 22.2 Å². The molecule has 0 atom stereocenters. The minimum atomic E-state index is -1.72. The Kier molecular flexibility index (Phi) is 4.30. The van der Waals surface area contributed by atoms with E-state index in [1.165, 1.54) is 18.2 Å². The smallest absolute Gasteiger partial charge is 0.337 e. The lowest BCUT2D eigenvalue weighted by molar-refractivity contribution is 0.0699. The van der Waals surface area contributed by atoms with Crippen LogP contribution in [-0.2, 0) is 0 Å². The molecule has 0 unspecified atom stereocenters. The number of hydrogen-bond acceptors (Lipinski definition) is 2. The molecular weight excluding hydrogens is 395 g/mol. The van der Waals surface area contributed by atoms with Gasteiger partial charge in [-0.1, -0.05) is 18.2 Å². The molecule has 0 aliphatic rings. The maximum atomic E-state index is 14.7. The Morgan fingerprint density at radius 2 is 1.41 bits per heavy atom. The number of imidazole rings is 1. The summed E-state index contributed by atoms with van der Waals surface area (Å²) in [5.74, 6) is -9.43. The van der Waals surface area contributed by atoms with Crippen LogP contribution in [0.1, 0.15) is 10.4 Å². The highest BCUT2D eigenvalue weighted by Gasteiger charge is 2.29. The molecule has 0 radical (unpaired) electrons. The van der Waals surface area contributed by atoms with E-state index in [1.807, 2.05) is 0 Å². The molecule has 1 aromatic heterocycles. The first-order valence-corrected chi connectivity index (χ1v) is 8.14. The third kappa shape index (κ3) is 2.91. The van der Waals surface area contributed by atoms with Gasteiger partial charge in [0.25, 0.3) is 0 Å². The van der Waals surface area contributed by atoms with Gasteiger partial charge in [0.1, 0.15) is 17.2 Å². The molecule has 1 heterocycles. The molecule has 3 aromatic carbocycles. The number of benzene rings is 3. The van der Waals surface area contributed by atoms with Crippen LogP contribution in [0.4, 0.5) is 22.0 Å². The van der Waals surface area contributed by atoms with Gasteiger partial charge in [0, 0.05) is 0 Å². The number of aromatic carboxylic acids is 1. The molecule has 29 heavy (non-hydrogen) atoms. The third-order valence-corrected chi connectivity index (χ3v) is 4.38. The molecular formula is C20H9F5N2O2. The van der Waals surface area contributed by atoms with E-state index < -0.39 is 52.0 Å². The molecule has 0 amide bonds. The van der Waals surface area contributed by atoms with Gasteiger partial charge < -0.3 is 10.1 Å². The summed E-state index contributed by atoms with van der Waals surface area (Å²) in [6.07, 6.45) is 0. The Labute approximate surface area is 159 Å². The Morgan fingerprint density at radius 3 is 2.00 bits per heavy atom. The van der Waals surface area contributed by atoms with Crippen molar-refractivity contribution in [1.29, 1.82) is 0 Å². The molecule has 4 aromatic rings. The second-order valence-electron chi connectivity index (χ2n) is 6.11. The predicted octanol–water partition coefficient (Wildman–Crippen LogP) is 5.29. The molecule has 0 aliphatic heterocycles. The number of fused-ring (bicyclic) bond motifs is 1. The van der Waals surface area contributed by atoms with E-state index >= 15 is 0 Å². The van der Waals surface area contributed by atoms with Crippen LogP contribution in [0, 0.1) is 29.1 Å². The number of aromatic nitrogens is 2. The summed E-state index contributed by atoms with van der Waals surface area (Å²) in [6.45, 7) is 0. The van der Waals surface area contributed by atoms with Gasteiger partial charge in [-0.15, -0.1) is 0 Å².